The van der Waals surface area contributed by atoms with Crippen molar-refractivity contribution >= 4 is 11.7 Å². The molecule has 1 aliphatic carbocycles. The standard InChI is InChI=1S/C13H15N5O/c1-8-3-2-6-14-12(8)15-13(19)9-4-5-10-11(7-9)17-18-16-10/h2-3,6,9H,4-5,7H2,1H3,(H,14,15,19)(H,16,17,18). The van der Waals surface area contributed by atoms with Crippen LogP contribution in [0.5, 0.6) is 0 Å². The van der Waals surface area contributed by atoms with Gasteiger partial charge in [0, 0.05) is 18.5 Å². The molecule has 0 saturated heterocycles. The van der Waals surface area contributed by atoms with Gasteiger partial charge < -0.3 is 5.32 Å². The fraction of sp³-hybridized carbons (Fsp3) is 0.385. The summed E-state index contributed by atoms with van der Waals surface area (Å²) in [6.07, 6.45) is 3.92. The Morgan fingerprint density at radius 3 is 3.11 bits per heavy atom. The second kappa shape index (κ2) is 4.79. The highest BCUT2D eigenvalue weighted by molar-refractivity contribution is 5.92. The van der Waals surface area contributed by atoms with Crippen molar-refractivity contribution in [2.45, 2.75) is 26.2 Å². The van der Waals surface area contributed by atoms with Gasteiger partial charge in [0.15, 0.2) is 0 Å². The van der Waals surface area contributed by atoms with Crippen LogP contribution in [0.1, 0.15) is 23.4 Å². The molecule has 6 nitrogen and oxygen atoms in total. The largest absolute Gasteiger partial charge is 0.310 e. The first-order valence-electron chi connectivity index (χ1n) is 6.35. The Hall–Kier alpha value is -2.24. The summed E-state index contributed by atoms with van der Waals surface area (Å²) >= 11 is 0. The lowest BCUT2D eigenvalue weighted by molar-refractivity contribution is -0.120. The Morgan fingerprint density at radius 2 is 2.26 bits per heavy atom. The van der Waals surface area contributed by atoms with E-state index in [0.717, 1.165) is 29.8 Å². The van der Waals surface area contributed by atoms with Crippen LogP contribution in [0.2, 0.25) is 0 Å². The van der Waals surface area contributed by atoms with Gasteiger partial charge >= 0.3 is 0 Å². The van der Waals surface area contributed by atoms with Crippen LogP contribution in [0.3, 0.4) is 0 Å². The molecule has 1 atom stereocenters. The number of anilines is 1. The van der Waals surface area contributed by atoms with Crippen molar-refractivity contribution < 1.29 is 4.79 Å². The van der Waals surface area contributed by atoms with Gasteiger partial charge in [-0.15, -0.1) is 0 Å². The summed E-state index contributed by atoms with van der Waals surface area (Å²) in [4.78, 5) is 16.4. The minimum atomic E-state index is -0.0565. The lowest BCUT2D eigenvalue weighted by Gasteiger charge is -2.19. The second-order valence-electron chi connectivity index (χ2n) is 4.81. The van der Waals surface area contributed by atoms with Crippen LogP contribution in [0.25, 0.3) is 0 Å². The van der Waals surface area contributed by atoms with Crippen molar-refractivity contribution in [2.75, 3.05) is 5.32 Å². The third-order valence-corrected chi connectivity index (χ3v) is 3.49. The van der Waals surface area contributed by atoms with Crippen LogP contribution in [0.15, 0.2) is 18.3 Å². The first kappa shape index (κ1) is 11.8. The Kier molecular flexibility index (Phi) is 2.98. The molecular formula is C13H15N5O. The molecule has 1 amide bonds. The molecule has 1 unspecified atom stereocenters. The molecule has 6 heteroatoms. The molecule has 0 bridgehead atoms. The summed E-state index contributed by atoms with van der Waals surface area (Å²) in [6, 6.07) is 3.78. The number of H-pyrrole nitrogens is 1. The van der Waals surface area contributed by atoms with Crippen LogP contribution >= 0.6 is 0 Å². The molecule has 0 fully saturated rings. The molecule has 0 spiro atoms. The number of aromatic nitrogens is 4. The van der Waals surface area contributed by atoms with E-state index in [1.54, 1.807) is 6.20 Å². The summed E-state index contributed by atoms with van der Waals surface area (Å²) in [5.74, 6) is 0.591. The highest BCUT2D eigenvalue weighted by Crippen LogP contribution is 2.23. The van der Waals surface area contributed by atoms with Crippen molar-refractivity contribution in [3.05, 3.63) is 35.3 Å². The average molecular weight is 257 g/mol. The van der Waals surface area contributed by atoms with Gasteiger partial charge in [-0.05, 0) is 31.4 Å². The molecular weight excluding hydrogens is 242 g/mol. The van der Waals surface area contributed by atoms with Gasteiger partial charge in [0.05, 0.1) is 11.4 Å². The summed E-state index contributed by atoms with van der Waals surface area (Å²) in [5.41, 5.74) is 2.86. The Labute approximate surface area is 110 Å². The summed E-state index contributed by atoms with van der Waals surface area (Å²) in [5, 5.41) is 13.7. The van der Waals surface area contributed by atoms with Crippen LogP contribution in [-0.2, 0) is 17.6 Å². The van der Waals surface area contributed by atoms with E-state index < -0.39 is 0 Å². The van der Waals surface area contributed by atoms with Gasteiger partial charge in [-0.1, -0.05) is 6.07 Å². The van der Waals surface area contributed by atoms with E-state index in [1.807, 2.05) is 19.1 Å². The fourth-order valence-electron chi connectivity index (χ4n) is 2.34. The predicted octanol–water partition coefficient (Wildman–Crippen LogP) is 1.25. The fourth-order valence-corrected chi connectivity index (χ4v) is 2.34. The number of hydrogen-bond donors (Lipinski definition) is 2. The number of aromatic amines is 1. The molecule has 0 saturated carbocycles. The molecule has 19 heavy (non-hydrogen) atoms. The Bertz CT molecular complexity index is 607. The number of fused-ring (bicyclic) bond motifs is 1. The number of aryl methyl sites for hydroxylation is 2. The first-order valence-corrected chi connectivity index (χ1v) is 6.35. The molecule has 0 aromatic carbocycles. The Morgan fingerprint density at radius 1 is 1.42 bits per heavy atom. The van der Waals surface area contributed by atoms with E-state index >= 15 is 0 Å². The molecule has 2 heterocycles. The molecule has 2 aromatic heterocycles. The topological polar surface area (TPSA) is 83.6 Å². The summed E-state index contributed by atoms with van der Waals surface area (Å²) in [6.45, 7) is 1.93. The van der Waals surface area contributed by atoms with Crippen LogP contribution in [0, 0.1) is 12.8 Å². The van der Waals surface area contributed by atoms with Crippen molar-refractivity contribution in [3.63, 3.8) is 0 Å². The zero-order valence-corrected chi connectivity index (χ0v) is 10.7. The van der Waals surface area contributed by atoms with Gasteiger partial charge in [0.1, 0.15) is 5.82 Å². The molecule has 98 valence electrons. The molecule has 1 aliphatic rings. The quantitative estimate of drug-likeness (QED) is 0.848. The average Bonchev–Trinajstić information content (AvgIpc) is 2.88. The molecule has 2 aromatic rings. The Balaban J connectivity index is 1.71. The minimum Gasteiger partial charge on any atom is -0.310 e. The SMILES string of the molecule is Cc1cccnc1NC(=O)C1CCc2n[nH]nc2C1. The van der Waals surface area contributed by atoms with Crippen molar-refractivity contribution in [2.24, 2.45) is 5.92 Å². The number of carbonyl (C=O) groups excluding carboxylic acids is 1. The number of rotatable bonds is 2. The maximum absolute atomic E-state index is 12.2. The van der Waals surface area contributed by atoms with Gasteiger partial charge in [-0.3, -0.25) is 4.79 Å². The third-order valence-electron chi connectivity index (χ3n) is 3.49. The van der Waals surface area contributed by atoms with Crippen molar-refractivity contribution in [3.8, 4) is 0 Å². The van der Waals surface area contributed by atoms with E-state index in [4.69, 9.17) is 0 Å². The monoisotopic (exact) mass is 257 g/mol. The number of pyridine rings is 1. The van der Waals surface area contributed by atoms with E-state index in [1.165, 1.54) is 0 Å². The predicted molar refractivity (Wildman–Crippen MR) is 69.5 cm³/mol. The van der Waals surface area contributed by atoms with E-state index in [2.05, 4.69) is 25.7 Å². The van der Waals surface area contributed by atoms with E-state index in [9.17, 15) is 4.79 Å². The maximum Gasteiger partial charge on any atom is 0.229 e. The molecule has 0 aliphatic heterocycles. The van der Waals surface area contributed by atoms with Gasteiger partial charge in [-0.25, -0.2) is 4.98 Å². The number of hydrogen-bond acceptors (Lipinski definition) is 4. The number of amides is 1. The molecule has 0 radical (unpaired) electrons. The van der Waals surface area contributed by atoms with Crippen LogP contribution in [0.4, 0.5) is 5.82 Å². The van der Waals surface area contributed by atoms with E-state index in [-0.39, 0.29) is 11.8 Å². The van der Waals surface area contributed by atoms with Crippen molar-refractivity contribution in [1.82, 2.24) is 20.4 Å². The zero-order chi connectivity index (χ0) is 13.2. The highest BCUT2D eigenvalue weighted by atomic mass is 16.1. The smallest absolute Gasteiger partial charge is 0.229 e. The van der Waals surface area contributed by atoms with Gasteiger partial charge in [0.2, 0.25) is 5.91 Å². The number of carbonyl (C=O) groups is 1. The van der Waals surface area contributed by atoms with Crippen LogP contribution < -0.4 is 5.32 Å². The van der Waals surface area contributed by atoms with E-state index in [0.29, 0.717) is 12.2 Å². The normalized spacial score (nSPS) is 17.8. The van der Waals surface area contributed by atoms with Crippen molar-refractivity contribution in [1.29, 1.82) is 0 Å². The summed E-state index contributed by atoms with van der Waals surface area (Å²) in [7, 11) is 0. The molecule has 3 rings (SSSR count). The van der Waals surface area contributed by atoms with Gasteiger partial charge in [-0.2, -0.15) is 15.4 Å². The lowest BCUT2D eigenvalue weighted by atomic mass is 9.89. The third kappa shape index (κ3) is 2.33. The highest BCUT2D eigenvalue weighted by Gasteiger charge is 2.27. The van der Waals surface area contributed by atoms with Crippen LogP contribution in [-0.4, -0.2) is 26.3 Å². The second-order valence-corrected chi connectivity index (χ2v) is 4.81. The number of nitrogens with zero attached hydrogens (tertiary/aromatic N) is 3. The zero-order valence-electron chi connectivity index (χ0n) is 10.7. The number of nitrogens with one attached hydrogen (secondary N) is 2. The molecule has 2 N–H and O–H groups in total. The minimum absolute atomic E-state index is 0.00968. The van der Waals surface area contributed by atoms with Gasteiger partial charge in [0.25, 0.3) is 0 Å². The lowest BCUT2D eigenvalue weighted by Crippen LogP contribution is -2.28. The maximum atomic E-state index is 12.2. The first-order chi connectivity index (χ1) is 9.24. The summed E-state index contributed by atoms with van der Waals surface area (Å²) < 4.78 is 0.